The highest BCUT2D eigenvalue weighted by Gasteiger charge is 2.38. The minimum absolute atomic E-state index is 0.125. The molecule has 1 aliphatic carbocycles. The first-order valence-electron chi connectivity index (χ1n) is 7.84. The minimum atomic E-state index is -0.836. The number of pyridine rings is 1. The molecule has 0 atom stereocenters. The summed E-state index contributed by atoms with van der Waals surface area (Å²) in [5, 5.41) is 12.4. The van der Waals surface area contributed by atoms with Crippen molar-refractivity contribution in [3.05, 3.63) is 29.6 Å². The fourth-order valence-corrected chi connectivity index (χ4v) is 3.01. The summed E-state index contributed by atoms with van der Waals surface area (Å²) in [5.74, 6) is -0.125. The van der Waals surface area contributed by atoms with E-state index in [-0.39, 0.29) is 5.91 Å². The number of hydrogen-bond acceptors (Lipinski definition) is 3. The van der Waals surface area contributed by atoms with Gasteiger partial charge in [-0.1, -0.05) is 38.7 Å². The summed E-state index contributed by atoms with van der Waals surface area (Å²) in [6.45, 7) is 2.48. The summed E-state index contributed by atoms with van der Waals surface area (Å²) in [5.41, 5.74) is 1.21. The number of carbonyl (C=O) groups excluding carboxylic acids is 1. The third-order valence-corrected chi connectivity index (χ3v) is 4.39. The van der Waals surface area contributed by atoms with Crippen LogP contribution in [0.15, 0.2) is 18.3 Å². The van der Waals surface area contributed by atoms with Gasteiger partial charge in [-0.3, -0.25) is 9.78 Å². The molecule has 1 N–H and O–H groups in total. The van der Waals surface area contributed by atoms with Crippen LogP contribution >= 0.6 is 0 Å². The summed E-state index contributed by atoms with van der Waals surface area (Å²) in [6, 6.07) is 6.23. The van der Waals surface area contributed by atoms with Crippen LogP contribution in [0.3, 0.4) is 0 Å². The van der Waals surface area contributed by atoms with Crippen LogP contribution in [0.25, 0.3) is 0 Å². The van der Waals surface area contributed by atoms with E-state index in [2.05, 4.69) is 23.3 Å². The Balaban J connectivity index is 2.04. The molecule has 1 fully saturated rings. The molecule has 2 rings (SSSR count). The quantitative estimate of drug-likeness (QED) is 0.864. The lowest BCUT2D eigenvalue weighted by Gasteiger charge is -2.23. The molecule has 1 aromatic rings. The molecule has 0 aliphatic heterocycles. The van der Waals surface area contributed by atoms with E-state index in [1.165, 1.54) is 0 Å². The number of aryl methyl sites for hydroxylation is 1. The summed E-state index contributed by atoms with van der Waals surface area (Å²) in [7, 11) is 0. The molecule has 0 unspecified atom stereocenters. The number of nitrogens with one attached hydrogen (secondary N) is 1. The second kappa shape index (κ2) is 7.21. The third kappa shape index (κ3) is 3.60. The number of nitrogens with zero attached hydrogens (tertiary/aromatic N) is 2. The molecule has 0 radical (unpaired) electrons. The van der Waals surface area contributed by atoms with Crippen LogP contribution in [0.5, 0.6) is 0 Å². The summed E-state index contributed by atoms with van der Waals surface area (Å²) < 4.78 is 0. The van der Waals surface area contributed by atoms with Gasteiger partial charge >= 0.3 is 0 Å². The van der Waals surface area contributed by atoms with Crippen LogP contribution < -0.4 is 5.32 Å². The highest BCUT2D eigenvalue weighted by Crippen LogP contribution is 2.34. The molecule has 1 aliphatic rings. The Labute approximate surface area is 126 Å². The van der Waals surface area contributed by atoms with Gasteiger partial charge in [0.05, 0.1) is 18.3 Å². The number of hydrogen-bond donors (Lipinski definition) is 1. The summed E-state index contributed by atoms with van der Waals surface area (Å²) in [6.07, 6.45) is 8.16. The van der Waals surface area contributed by atoms with Crippen LogP contribution in [-0.2, 0) is 17.8 Å². The van der Waals surface area contributed by atoms with Crippen LogP contribution in [0.2, 0.25) is 0 Å². The van der Waals surface area contributed by atoms with E-state index in [9.17, 15) is 10.1 Å². The molecule has 0 bridgehead atoms. The van der Waals surface area contributed by atoms with E-state index in [4.69, 9.17) is 0 Å². The van der Waals surface area contributed by atoms with E-state index < -0.39 is 5.41 Å². The molecular weight excluding hydrogens is 262 g/mol. The topological polar surface area (TPSA) is 65.8 Å². The second-order valence-electron chi connectivity index (χ2n) is 5.75. The molecule has 4 heteroatoms. The molecule has 0 saturated heterocycles. The first-order valence-corrected chi connectivity index (χ1v) is 7.84. The van der Waals surface area contributed by atoms with Gasteiger partial charge in [-0.15, -0.1) is 0 Å². The minimum Gasteiger partial charge on any atom is -0.349 e. The number of amides is 1. The van der Waals surface area contributed by atoms with Gasteiger partial charge in [0.15, 0.2) is 0 Å². The monoisotopic (exact) mass is 285 g/mol. The molecule has 21 heavy (non-hydrogen) atoms. The summed E-state index contributed by atoms with van der Waals surface area (Å²) >= 11 is 0. The Morgan fingerprint density at radius 3 is 2.71 bits per heavy atom. The zero-order valence-corrected chi connectivity index (χ0v) is 12.7. The van der Waals surface area contributed by atoms with Gasteiger partial charge < -0.3 is 5.32 Å². The smallest absolute Gasteiger partial charge is 0.240 e. The van der Waals surface area contributed by atoms with Crippen molar-refractivity contribution in [2.75, 3.05) is 0 Å². The van der Waals surface area contributed by atoms with Crippen molar-refractivity contribution in [1.82, 2.24) is 10.3 Å². The fourth-order valence-electron chi connectivity index (χ4n) is 3.01. The van der Waals surface area contributed by atoms with Crippen molar-refractivity contribution < 1.29 is 4.79 Å². The molecule has 4 nitrogen and oxygen atoms in total. The zero-order chi connectivity index (χ0) is 15.1. The number of aromatic nitrogens is 1. The van der Waals surface area contributed by atoms with Crippen molar-refractivity contribution in [2.45, 2.75) is 58.4 Å². The lowest BCUT2D eigenvalue weighted by atomic mass is 9.81. The van der Waals surface area contributed by atoms with Gasteiger partial charge in [0.2, 0.25) is 5.91 Å². The highest BCUT2D eigenvalue weighted by atomic mass is 16.2. The third-order valence-electron chi connectivity index (χ3n) is 4.39. The van der Waals surface area contributed by atoms with E-state index in [0.29, 0.717) is 19.4 Å². The Hall–Kier alpha value is -1.89. The maximum Gasteiger partial charge on any atom is 0.240 e. The fraction of sp³-hybridized carbons (Fsp3) is 0.588. The first kappa shape index (κ1) is 15.5. The van der Waals surface area contributed by atoms with E-state index in [1.54, 1.807) is 6.20 Å². The van der Waals surface area contributed by atoms with E-state index in [1.807, 2.05) is 12.1 Å². The van der Waals surface area contributed by atoms with Crippen LogP contribution in [-0.4, -0.2) is 10.9 Å². The maximum atomic E-state index is 12.5. The van der Waals surface area contributed by atoms with Gasteiger partial charge in [0.25, 0.3) is 0 Å². The normalized spacial score (nSPS) is 17.5. The van der Waals surface area contributed by atoms with Gasteiger partial charge in [0.1, 0.15) is 5.41 Å². The van der Waals surface area contributed by atoms with E-state index >= 15 is 0 Å². The molecule has 1 heterocycles. The lowest BCUT2D eigenvalue weighted by molar-refractivity contribution is -0.129. The van der Waals surface area contributed by atoms with Gasteiger partial charge in [0, 0.05) is 6.20 Å². The van der Waals surface area contributed by atoms with E-state index in [0.717, 1.165) is 43.4 Å². The van der Waals surface area contributed by atoms with Crippen molar-refractivity contribution in [3.8, 4) is 6.07 Å². The molecule has 1 amide bonds. The molecule has 0 aromatic carbocycles. The lowest BCUT2D eigenvalue weighted by Crippen LogP contribution is -2.39. The van der Waals surface area contributed by atoms with Crippen LogP contribution in [0.1, 0.15) is 56.7 Å². The highest BCUT2D eigenvalue weighted by molar-refractivity contribution is 5.85. The van der Waals surface area contributed by atoms with Crippen molar-refractivity contribution >= 4 is 5.91 Å². The largest absolute Gasteiger partial charge is 0.349 e. The Kier molecular flexibility index (Phi) is 5.32. The Morgan fingerprint density at radius 2 is 2.10 bits per heavy atom. The Morgan fingerprint density at radius 1 is 1.38 bits per heavy atom. The van der Waals surface area contributed by atoms with Gasteiger partial charge in [-0.05, 0) is 30.9 Å². The maximum absolute atomic E-state index is 12.5. The zero-order valence-electron chi connectivity index (χ0n) is 12.7. The predicted molar refractivity (Wildman–Crippen MR) is 81.2 cm³/mol. The van der Waals surface area contributed by atoms with Crippen molar-refractivity contribution in [2.24, 2.45) is 5.41 Å². The number of nitriles is 1. The van der Waals surface area contributed by atoms with Crippen LogP contribution in [0.4, 0.5) is 0 Å². The van der Waals surface area contributed by atoms with Crippen molar-refractivity contribution in [1.29, 1.82) is 5.26 Å². The Bertz CT molecular complexity index is 525. The van der Waals surface area contributed by atoms with Crippen molar-refractivity contribution in [3.63, 3.8) is 0 Å². The molecule has 1 aromatic heterocycles. The average Bonchev–Trinajstić information content (AvgIpc) is 2.79. The number of rotatable bonds is 4. The molecule has 1 saturated carbocycles. The van der Waals surface area contributed by atoms with Gasteiger partial charge in [-0.25, -0.2) is 0 Å². The standard InChI is InChI=1S/C17H23N3O/c1-2-14-8-7-11-19-15(14)12-20-16(21)17(13-18)9-5-3-4-6-10-17/h7-8,11H,2-6,9-10,12H2,1H3,(H,20,21). The molecule has 0 spiro atoms. The number of carbonyl (C=O) groups is 1. The summed E-state index contributed by atoms with van der Waals surface area (Å²) in [4.78, 5) is 16.9. The second-order valence-corrected chi connectivity index (χ2v) is 5.75. The van der Waals surface area contributed by atoms with Crippen LogP contribution in [0, 0.1) is 16.7 Å². The molecule has 112 valence electrons. The average molecular weight is 285 g/mol. The first-order chi connectivity index (χ1) is 10.2. The molecular formula is C17H23N3O. The SMILES string of the molecule is CCc1cccnc1CNC(=O)C1(C#N)CCCCCC1. The predicted octanol–water partition coefficient (Wildman–Crippen LogP) is 3.12. The van der Waals surface area contributed by atoms with Gasteiger partial charge in [-0.2, -0.15) is 5.26 Å².